The van der Waals surface area contributed by atoms with Gasteiger partial charge in [-0.25, -0.2) is 4.79 Å². The fraction of sp³-hybridized carbons (Fsp3) is 0.462. The van der Waals surface area contributed by atoms with Crippen LogP contribution in [0.3, 0.4) is 0 Å². The second kappa shape index (κ2) is 5.70. The Kier molecular flexibility index (Phi) is 4.17. The highest BCUT2D eigenvalue weighted by molar-refractivity contribution is 5.65. The molecule has 0 spiro atoms. The SMILES string of the molecule is O=C(O)N(Cc1cccc(C(F)(F)F)c1)C1CCNC1. The van der Waals surface area contributed by atoms with E-state index in [1.807, 2.05) is 0 Å². The molecule has 0 aliphatic carbocycles. The van der Waals surface area contributed by atoms with E-state index in [0.29, 0.717) is 18.5 Å². The fourth-order valence-electron chi connectivity index (χ4n) is 2.30. The molecule has 1 unspecified atom stereocenters. The quantitative estimate of drug-likeness (QED) is 0.898. The molecule has 0 bridgehead atoms. The van der Waals surface area contributed by atoms with Gasteiger partial charge < -0.3 is 10.4 Å². The first-order valence-electron chi connectivity index (χ1n) is 6.24. The Hall–Kier alpha value is -1.76. The summed E-state index contributed by atoms with van der Waals surface area (Å²) in [4.78, 5) is 12.4. The largest absolute Gasteiger partial charge is 0.465 e. The van der Waals surface area contributed by atoms with E-state index in [-0.39, 0.29) is 12.6 Å². The first-order valence-corrected chi connectivity index (χ1v) is 6.24. The number of carbonyl (C=O) groups is 1. The van der Waals surface area contributed by atoms with Crippen molar-refractivity contribution in [2.45, 2.75) is 25.2 Å². The smallest absolute Gasteiger partial charge is 0.416 e. The normalized spacial score (nSPS) is 19.1. The first-order chi connectivity index (χ1) is 9.38. The predicted molar refractivity (Wildman–Crippen MR) is 66.3 cm³/mol. The van der Waals surface area contributed by atoms with E-state index in [1.54, 1.807) is 0 Å². The second-order valence-corrected chi connectivity index (χ2v) is 4.76. The number of amides is 1. The van der Waals surface area contributed by atoms with E-state index in [9.17, 15) is 23.1 Å². The zero-order valence-electron chi connectivity index (χ0n) is 10.7. The molecule has 1 saturated heterocycles. The number of hydrogen-bond acceptors (Lipinski definition) is 2. The maximum absolute atomic E-state index is 12.6. The summed E-state index contributed by atoms with van der Waals surface area (Å²) in [6.07, 6.45) is -4.86. The van der Waals surface area contributed by atoms with Gasteiger partial charge in [0.2, 0.25) is 0 Å². The van der Waals surface area contributed by atoms with Gasteiger partial charge in [0.15, 0.2) is 0 Å². The highest BCUT2D eigenvalue weighted by Gasteiger charge is 2.31. The third kappa shape index (κ3) is 3.41. The number of nitrogens with one attached hydrogen (secondary N) is 1. The molecule has 2 N–H and O–H groups in total. The molecule has 1 heterocycles. The monoisotopic (exact) mass is 288 g/mol. The minimum absolute atomic E-state index is 0.0361. The molecule has 1 atom stereocenters. The topological polar surface area (TPSA) is 52.6 Å². The van der Waals surface area contributed by atoms with Gasteiger partial charge in [-0.15, -0.1) is 0 Å². The van der Waals surface area contributed by atoms with Crippen molar-refractivity contribution in [3.63, 3.8) is 0 Å². The van der Waals surface area contributed by atoms with Crippen LogP contribution in [0.25, 0.3) is 0 Å². The lowest BCUT2D eigenvalue weighted by Crippen LogP contribution is -2.40. The Bertz CT molecular complexity index is 485. The average Bonchev–Trinajstić information content (AvgIpc) is 2.88. The summed E-state index contributed by atoms with van der Waals surface area (Å²) in [7, 11) is 0. The zero-order chi connectivity index (χ0) is 14.8. The van der Waals surface area contributed by atoms with Crippen molar-refractivity contribution in [1.82, 2.24) is 10.2 Å². The molecular weight excluding hydrogens is 273 g/mol. The first kappa shape index (κ1) is 14.6. The van der Waals surface area contributed by atoms with E-state index in [1.165, 1.54) is 17.0 Å². The molecule has 0 radical (unpaired) electrons. The zero-order valence-corrected chi connectivity index (χ0v) is 10.7. The van der Waals surface area contributed by atoms with Crippen LogP contribution in [-0.4, -0.2) is 35.2 Å². The molecule has 1 fully saturated rings. The molecular formula is C13H15F3N2O2. The van der Waals surface area contributed by atoms with Crippen LogP contribution in [0.2, 0.25) is 0 Å². The number of nitrogens with zero attached hydrogens (tertiary/aromatic N) is 1. The van der Waals surface area contributed by atoms with Crippen molar-refractivity contribution in [1.29, 1.82) is 0 Å². The Labute approximate surface area is 114 Å². The van der Waals surface area contributed by atoms with Crippen LogP contribution in [0.5, 0.6) is 0 Å². The third-order valence-electron chi connectivity index (χ3n) is 3.33. The minimum atomic E-state index is -4.42. The van der Waals surface area contributed by atoms with E-state index >= 15 is 0 Å². The maximum atomic E-state index is 12.6. The number of benzene rings is 1. The van der Waals surface area contributed by atoms with Gasteiger partial charge in [0.25, 0.3) is 0 Å². The molecule has 1 aromatic rings. The van der Waals surface area contributed by atoms with Crippen LogP contribution in [0.1, 0.15) is 17.5 Å². The van der Waals surface area contributed by atoms with Gasteiger partial charge in [0.1, 0.15) is 0 Å². The summed E-state index contributed by atoms with van der Waals surface area (Å²) in [5.41, 5.74) is -0.418. The number of alkyl halides is 3. The molecule has 1 amide bonds. The van der Waals surface area contributed by atoms with Crippen LogP contribution in [0.15, 0.2) is 24.3 Å². The Morgan fingerprint density at radius 1 is 1.45 bits per heavy atom. The fourth-order valence-corrected chi connectivity index (χ4v) is 2.30. The van der Waals surface area contributed by atoms with Gasteiger partial charge in [-0.1, -0.05) is 12.1 Å². The summed E-state index contributed by atoms with van der Waals surface area (Å²) in [6, 6.07) is 4.59. The molecule has 0 saturated carbocycles. The summed E-state index contributed by atoms with van der Waals surface area (Å²) >= 11 is 0. The Morgan fingerprint density at radius 2 is 2.20 bits per heavy atom. The van der Waals surface area contributed by atoms with Gasteiger partial charge in [0.05, 0.1) is 5.56 Å². The lowest BCUT2D eigenvalue weighted by atomic mass is 10.1. The van der Waals surface area contributed by atoms with Gasteiger partial charge in [-0.05, 0) is 30.7 Å². The number of rotatable bonds is 3. The number of halogens is 3. The van der Waals surface area contributed by atoms with Crippen LogP contribution < -0.4 is 5.32 Å². The summed E-state index contributed by atoms with van der Waals surface area (Å²) in [5, 5.41) is 12.2. The van der Waals surface area contributed by atoms with Crippen molar-refractivity contribution in [2.24, 2.45) is 0 Å². The van der Waals surface area contributed by atoms with E-state index in [0.717, 1.165) is 18.7 Å². The van der Waals surface area contributed by atoms with E-state index in [4.69, 9.17) is 0 Å². The molecule has 1 aliphatic rings. The van der Waals surface area contributed by atoms with Crippen LogP contribution >= 0.6 is 0 Å². The molecule has 7 heteroatoms. The molecule has 1 aromatic carbocycles. The highest BCUT2D eigenvalue weighted by Crippen LogP contribution is 2.30. The van der Waals surface area contributed by atoms with Gasteiger partial charge in [0, 0.05) is 19.1 Å². The molecule has 2 rings (SSSR count). The van der Waals surface area contributed by atoms with E-state index in [2.05, 4.69) is 5.32 Å². The average molecular weight is 288 g/mol. The van der Waals surface area contributed by atoms with Gasteiger partial charge >= 0.3 is 12.3 Å². The van der Waals surface area contributed by atoms with Crippen molar-refractivity contribution < 1.29 is 23.1 Å². The third-order valence-corrected chi connectivity index (χ3v) is 3.33. The number of hydrogen-bond donors (Lipinski definition) is 2. The van der Waals surface area contributed by atoms with Crippen molar-refractivity contribution >= 4 is 6.09 Å². The molecule has 0 aromatic heterocycles. The second-order valence-electron chi connectivity index (χ2n) is 4.76. The molecule has 4 nitrogen and oxygen atoms in total. The van der Waals surface area contributed by atoms with Crippen molar-refractivity contribution in [2.75, 3.05) is 13.1 Å². The Balaban J connectivity index is 2.16. The van der Waals surface area contributed by atoms with E-state index < -0.39 is 17.8 Å². The number of carboxylic acid groups (broad SMARTS) is 1. The summed E-state index contributed by atoms with van der Waals surface area (Å²) in [6.45, 7) is 1.22. The van der Waals surface area contributed by atoms with Crippen LogP contribution in [0, 0.1) is 0 Å². The maximum Gasteiger partial charge on any atom is 0.416 e. The van der Waals surface area contributed by atoms with Gasteiger partial charge in [-0.3, -0.25) is 4.90 Å². The summed E-state index contributed by atoms with van der Waals surface area (Å²) in [5.74, 6) is 0. The lowest BCUT2D eigenvalue weighted by Gasteiger charge is -2.25. The van der Waals surface area contributed by atoms with Crippen LogP contribution in [-0.2, 0) is 12.7 Å². The Morgan fingerprint density at radius 3 is 2.75 bits per heavy atom. The summed E-state index contributed by atoms with van der Waals surface area (Å²) < 4.78 is 37.9. The minimum Gasteiger partial charge on any atom is -0.465 e. The van der Waals surface area contributed by atoms with Crippen molar-refractivity contribution in [3.8, 4) is 0 Å². The standard InChI is InChI=1S/C13H15F3N2O2/c14-13(15,16)10-3-1-2-9(6-10)8-18(12(19)20)11-4-5-17-7-11/h1-3,6,11,17H,4-5,7-8H2,(H,19,20). The molecule has 110 valence electrons. The van der Waals surface area contributed by atoms with Gasteiger partial charge in [-0.2, -0.15) is 13.2 Å². The highest BCUT2D eigenvalue weighted by atomic mass is 19.4. The molecule has 20 heavy (non-hydrogen) atoms. The predicted octanol–water partition coefficient (Wildman–Crippen LogP) is 2.55. The van der Waals surface area contributed by atoms with Crippen LogP contribution in [0.4, 0.5) is 18.0 Å². The molecule has 1 aliphatic heterocycles. The van der Waals surface area contributed by atoms with Crippen molar-refractivity contribution in [3.05, 3.63) is 35.4 Å². The lowest BCUT2D eigenvalue weighted by molar-refractivity contribution is -0.137.